The average Bonchev–Trinajstić information content (AvgIpc) is 2.36. The Labute approximate surface area is 125 Å². The van der Waals surface area contributed by atoms with Crippen molar-refractivity contribution in [1.82, 2.24) is 4.98 Å². The summed E-state index contributed by atoms with van der Waals surface area (Å²) in [5.74, 6) is -0.284. The predicted molar refractivity (Wildman–Crippen MR) is 79.8 cm³/mol. The average molecular weight is 306 g/mol. The van der Waals surface area contributed by atoms with Crippen LogP contribution in [-0.4, -0.2) is 15.8 Å². The van der Waals surface area contributed by atoms with Gasteiger partial charge in [-0.25, -0.2) is 4.98 Å². The second kappa shape index (κ2) is 5.88. The molecular formula is C14H12ClN3O3. The van der Waals surface area contributed by atoms with Crippen LogP contribution in [0.4, 0.5) is 11.5 Å². The zero-order valence-corrected chi connectivity index (χ0v) is 12.1. The van der Waals surface area contributed by atoms with Gasteiger partial charge in [0, 0.05) is 16.8 Å². The number of pyridine rings is 1. The summed E-state index contributed by atoms with van der Waals surface area (Å²) in [5, 5.41) is 13.8. The zero-order chi connectivity index (χ0) is 15.6. The molecule has 0 unspecified atom stereocenters. The Morgan fingerprint density at radius 1 is 1.29 bits per heavy atom. The molecule has 0 radical (unpaired) electrons. The van der Waals surface area contributed by atoms with Gasteiger partial charge in [0.25, 0.3) is 11.6 Å². The molecule has 2 rings (SSSR count). The van der Waals surface area contributed by atoms with Crippen LogP contribution in [0.1, 0.15) is 21.6 Å². The van der Waals surface area contributed by atoms with E-state index in [2.05, 4.69) is 10.3 Å². The fourth-order valence-electron chi connectivity index (χ4n) is 1.94. The van der Waals surface area contributed by atoms with Gasteiger partial charge in [-0.05, 0) is 43.7 Å². The number of carbonyl (C=O) groups excluding carboxylic acids is 1. The molecule has 0 fully saturated rings. The van der Waals surface area contributed by atoms with Crippen LogP contribution in [0.2, 0.25) is 5.02 Å². The van der Waals surface area contributed by atoms with E-state index in [1.54, 1.807) is 13.0 Å². The van der Waals surface area contributed by atoms with Gasteiger partial charge in [0.1, 0.15) is 11.4 Å². The smallest absolute Gasteiger partial charge is 0.282 e. The normalized spacial score (nSPS) is 10.2. The number of carbonyl (C=O) groups is 1. The summed E-state index contributed by atoms with van der Waals surface area (Å²) in [5.41, 5.74) is 1.26. The highest BCUT2D eigenvalue weighted by Gasteiger charge is 2.21. The van der Waals surface area contributed by atoms with E-state index < -0.39 is 10.8 Å². The molecule has 108 valence electrons. The van der Waals surface area contributed by atoms with Crippen LogP contribution in [0.3, 0.4) is 0 Å². The van der Waals surface area contributed by atoms with Crippen LogP contribution in [0.15, 0.2) is 30.3 Å². The summed E-state index contributed by atoms with van der Waals surface area (Å²) < 4.78 is 0. The molecule has 0 saturated carbocycles. The van der Waals surface area contributed by atoms with Crippen molar-refractivity contribution in [2.24, 2.45) is 0 Å². The summed E-state index contributed by atoms with van der Waals surface area (Å²) in [6.07, 6.45) is 0. The highest BCUT2D eigenvalue weighted by atomic mass is 35.5. The first-order valence-corrected chi connectivity index (χ1v) is 6.45. The topological polar surface area (TPSA) is 85.1 Å². The quantitative estimate of drug-likeness (QED) is 0.694. The molecule has 0 spiro atoms. The lowest BCUT2D eigenvalue weighted by Gasteiger charge is -2.07. The molecule has 6 nitrogen and oxygen atoms in total. The van der Waals surface area contributed by atoms with Gasteiger partial charge in [0.2, 0.25) is 0 Å². The molecule has 0 aliphatic heterocycles. The van der Waals surface area contributed by atoms with E-state index in [0.717, 1.165) is 11.3 Å². The Hall–Kier alpha value is -2.47. The fraction of sp³-hybridized carbons (Fsp3) is 0.143. The molecule has 1 aromatic carbocycles. The Bertz CT molecular complexity index is 711. The van der Waals surface area contributed by atoms with Gasteiger partial charge >= 0.3 is 0 Å². The van der Waals surface area contributed by atoms with Gasteiger partial charge in [-0.15, -0.1) is 0 Å². The molecule has 7 heteroatoms. The Morgan fingerprint density at radius 3 is 2.62 bits per heavy atom. The van der Waals surface area contributed by atoms with Gasteiger partial charge in [0.05, 0.1) is 4.92 Å². The number of nitrogens with one attached hydrogen (secondary N) is 1. The van der Waals surface area contributed by atoms with Crippen molar-refractivity contribution in [3.63, 3.8) is 0 Å². The number of halogens is 1. The highest BCUT2D eigenvalue weighted by Crippen LogP contribution is 2.23. The van der Waals surface area contributed by atoms with Gasteiger partial charge in [-0.1, -0.05) is 11.6 Å². The molecule has 1 amide bonds. The lowest BCUT2D eigenvalue weighted by molar-refractivity contribution is -0.385. The van der Waals surface area contributed by atoms with E-state index >= 15 is 0 Å². The number of aromatic nitrogens is 1. The van der Waals surface area contributed by atoms with Crippen molar-refractivity contribution >= 4 is 29.0 Å². The maximum atomic E-state index is 12.2. The lowest BCUT2D eigenvalue weighted by Crippen LogP contribution is -2.15. The minimum Gasteiger partial charge on any atom is -0.306 e. The predicted octanol–water partition coefficient (Wildman–Crippen LogP) is 3.51. The van der Waals surface area contributed by atoms with E-state index in [-0.39, 0.29) is 16.3 Å². The standard InChI is InChI=1S/C14H12ClN3O3/c1-8-5-9(2)16-13(6-8)17-14(19)11-7-10(15)3-4-12(11)18(20)21/h3-7H,1-2H3,(H,16,17,19). The van der Waals surface area contributed by atoms with Gasteiger partial charge in [-0.3, -0.25) is 14.9 Å². The van der Waals surface area contributed by atoms with Crippen molar-refractivity contribution in [2.75, 3.05) is 5.32 Å². The van der Waals surface area contributed by atoms with E-state index in [1.165, 1.54) is 18.2 Å². The first kappa shape index (κ1) is 14.9. The molecule has 0 bridgehead atoms. The molecule has 2 aromatic rings. The van der Waals surface area contributed by atoms with Crippen molar-refractivity contribution in [1.29, 1.82) is 0 Å². The number of rotatable bonds is 3. The number of hydrogen-bond acceptors (Lipinski definition) is 4. The van der Waals surface area contributed by atoms with E-state index in [4.69, 9.17) is 11.6 Å². The molecule has 0 saturated heterocycles. The number of anilines is 1. The van der Waals surface area contributed by atoms with Gasteiger partial charge < -0.3 is 5.32 Å². The second-order valence-electron chi connectivity index (χ2n) is 4.54. The van der Waals surface area contributed by atoms with Crippen LogP contribution in [-0.2, 0) is 0 Å². The minimum absolute atomic E-state index is 0.103. The first-order valence-electron chi connectivity index (χ1n) is 6.07. The molecule has 1 heterocycles. The van der Waals surface area contributed by atoms with E-state index in [9.17, 15) is 14.9 Å². The number of nitrogens with zero attached hydrogens (tertiary/aromatic N) is 2. The summed E-state index contributed by atoms with van der Waals surface area (Å²) >= 11 is 5.80. The van der Waals surface area contributed by atoms with Crippen molar-refractivity contribution in [3.05, 3.63) is 62.3 Å². The maximum absolute atomic E-state index is 12.2. The van der Waals surface area contributed by atoms with Crippen molar-refractivity contribution < 1.29 is 9.72 Å². The van der Waals surface area contributed by atoms with Crippen LogP contribution in [0.25, 0.3) is 0 Å². The minimum atomic E-state index is -0.625. The number of amides is 1. The zero-order valence-electron chi connectivity index (χ0n) is 11.4. The van der Waals surface area contributed by atoms with E-state index in [0.29, 0.717) is 5.82 Å². The largest absolute Gasteiger partial charge is 0.306 e. The Morgan fingerprint density at radius 2 is 2.00 bits per heavy atom. The van der Waals surface area contributed by atoms with Crippen LogP contribution < -0.4 is 5.32 Å². The molecule has 1 N–H and O–H groups in total. The summed E-state index contributed by atoms with van der Waals surface area (Å²) in [6, 6.07) is 7.37. The van der Waals surface area contributed by atoms with Gasteiger partial charge in [0.15, 0.2) is 0 Å². The Kier molecular flexibility index (Phi) is 4.18. The second-order valence-corrected chi connectivity index (χ2v) is 4.98. The molecular weight excluding hydrogens is 294 g/mol. The monoisotopic (exact) mass is 305 g/mol. The molecule has 21 heavy (non-hydrogen) atoms. The highest BCUT2D eigenvalue weighted by molar-refractivity contribution is 6.31. The van der Waals surface area contributed by atoms with Crippen LogP contribution in [0.5, 0.6) is 0 Å². The third kappa shape index (κ3) is 3.55. The lowest BCUT2D eigenvalue weighted by atomic mass is 10.1. The first-order chi connectivity index (χ1) is 9.86. The van der Waals surface area contributed by atoms with Crippen molar-refractivity contribution in [3.8, 4) is 0 Å². The van der Waals surface area contributed by atoms with E-state index in [1.807, 2.05) is 13.0 Å². The van der Waals surface area contributed by atoms with Crippen LogP contribution >= 0.6 is 11.6 Å². The number of nitro benzene ring substituents is 1. The summed E-state index contributed by atoms with van der Waals surface area (Å²) in [7, 11) is 0. The number of benzene rings is 1. The van der Waals surface area contributed by atoms with Crippen LogP contribution in [0, 0.1) is 24.0 Å². The third-order valence-corrected chi connectivity index (χ3v) is 2.97. The molecule has 0 aliphatic rings. The maximum Gasteiger partial charge on any atom is 0.282 e. The molecule has 1 aromatic heterocycles. The SMILES string of the molecule is Cc1cc(C)nc(NC(=O)c2cc(Cl)ccc2[N+](=O)[O-])c1. The number of hydrogen-bond donors (Lipinski definition) is 1. The summed E-state index contributed by atoms with van der Waals surface area (Å²) in [6.45, 7) is 3.66. The number of nitro groups is 1. The number of aryl methyl sites for hydroxylation is 2. The molecule has 0 atom stereocenters. The van der Waals surface area contributed by atoms with Crippen molar-refractivity contribution in [2.45, 2.75) is 13.8 Å². The fourth-order valence-corrected chi connectivity index (χ4v) is 2.11. The third-order valence-electron chi connectivity index (χ3n) is 2.74. The summed E-state index contributed by atoms with van der Waals surface area (Å²) in [4.78, 5) is 26.7. The van der Waals surface area contributed by atoms with Gasteiger partial charge in [-0.2, -0.15) is 0 Å². The molecule has 0 aliphatic carbocycles. The Balaban J connectivity index is 2.36.